The molecule has 5 nitrogen and oxygen atoms in total. The van der Waals surface area contributed by atoms with Gasteiger partial charge in [-0.25, -0.2) is 0 Å². The molecule has 0 aromatic carbocycles. The van der Waals surface area contributed by atoms with Crippen LogP contribution in [-0.2, 0) is 19.0 Å². The Balaban J connectivity index is 3.46. The van der Waals surface area contributed by atoms with E-state index in [1.54, 1.807) is 7.11 Å². The second kappa shape index (κ2) is 11.8. The highest BCUT2D eigenvalue weighted by Crippen LogP contribution is 1.95. The molecule has 0 rings (SSSR count). The third-order valence-corrected chi connectivity index (χ3v) is 2.27. The fraction of sp³-hybridized carbons (Fsp3) is 0.917. The first-order chi connectivity index (χ1) is 8.26. The summed E-state index contributed by atoms with van der Waals surface area (Å²) in [5.74, 6) is -0.171. The third-order valence-electron chi connectivity index (χ3n) is 2.27. The van der Waals surface area contributed by atoms with E-state index in [1.807, 2.05) is 13.8 Å². The van der Waals surface area contributed by atoms with Crippen LogP contribution in [0.25, 0.3) is 0 Å². The molecule has 0 aliphatic carbocycles. The lowest BCUT2D eigenvalue weighted by Crippen LogP contribution is -2.38. The molecule has 1 atom stereocenters. The number of nitrogens with one attached hydrogen (secondary N) is 1. The van der Waals surface area contributed by atoms with E-state index in [0.717, 1.165) is 19.4 Å². The summed E-state index contributed by atoms with van der Waals surface area (Å²) >= 11 is 0. The summed E-state index contributed by atoms with van der Waals surface area (Å²) in [5, 5.41) is 3.16. The second-order valence-corrected chi connectivity index (χ2v) is 3.63. The highest BCUT2D eigenvalue weighted by Gasteiger charge is 2.15. The summed E-state index contributed by atoms with van der Waals surface area (Å²) in [6.45, 7) is 6.87. The maximum Gasteiger partial charge on any atom is 0.323 e. The quantitative estimate of drug-likeness (QED) is 0.435. The average molecular weight is 247 g/mol. The van der Waals surface area contributed by atoms with Crippen molar-refractivity contribution in [1.29, 1.82) is 0 Å². The molecule has 1 N–H and O–H groups in total. The zero-order valence-electron chi connectivity index (χ0n) is 11.2. The highest BCUT2D eigenvalue weighted by atomic mass is 16.5. The predicted octanol–water partition coefficient (Wildman–Crippen LogP) is 0.971. The number of esters is 1. The molecular weight excluding hydrogens is 222 g/mol. The van der Waals surface area contributed by atoms with Gasteiger partial charge in [0.15, 0.2) is 0 Å². The maximum absolute atomic E-state index is 11.4. The van der Waals surface area contributed by atoms with Crippen LogP contribution in [-0.4, -0.2) is 52.1 Å². The minimum Gasteiger partial charge on any atom is -0.465 e. The normalized spacial score (nSPS) is 12.4. The van der Waals surface area contributed by atoms with E-state index in [1.165, 1.54) is 0 Å². The Hall–Kier alpha value is -0.650. The van der Waals surface area contributed by atoms with E-state index in [4.69, 9.17) is 14.2 Å². The molecule has 102 valence electrons. The van der Waals surface area contributed by atoms with E-state index in [2.05, 4.69) is 5.32 Å². The Morgan fingerprint density at radius 1 is 1.24 bits per heavy atom. The molecule has 0 saturated heterocycles. The largest absolute Gasteiger partial charge is 0.465 e. The zero-order chi connectivity index (χ0) is 12.9. The number of carbonyl (C=O) groups excluding carboxylic acids is 1. The number of methoxy groups -OCH3 is 1. The summed E-state index contributed by atoms with van der Waals surface area (Å²) in [6.07, 6.45) is 1.61. The summed E-state index contributed by atoms with van der Waals surface area (Å²) in [6, 6.07) is -0.200. The summed E-state index contributed by atoms with van der Waals surface area (Å²) in [4.78, 5) is 11.4. The van der Waals surface area contributed by atoms with Crippen LogP contribution in [0.3, 0.4) is 0 Å². The van der Waals surface area contributed by atoms with E-state index in [9.17, 15) is 4.79 Å². The molecule has 0 aromatic heterocycles. The van der Waals surface area contributed by atoms with Gasteiger partial charge in [-0.1, -0.05) is 6.92 Å². The summed E-state index contributed by atoms with van der Waals surface area (Å²) in [7, 11) is 1.65. The molecule has 0 amide bonds. The number of carbonyl (C=O) groups is 1. The number of hydrogen-bond acceptors (Lipinski definition) is 5. The van der Waals surface area contributed by atoms with Gasteiger partial charge < -0.3 is 19.5 Å². The molecule has 0 bridgehead atoms. The van der Waals surface area contributed by atoms with Crippen molar-refractivity contribution in [3.8, 4) is 0 Å². The monoisotopic (exact) mass is 247 g/mol. The van der Waals surface area contributed by atoms with Gasteiger partial charge in [-0.2, -0.15) is 0 Å². The van der Waals surface area contributed by atoms with E-state index >= 15 is 0 Å². The second-order valence-electron chi connectivity index (χ2n) is 3.63. The van der Waals surface area contributed by atoms with Gasteiger partial charge in [0.1, 0.15) is 6.04 Å². The number of hydrogen-bond donors (Lipinski definition) is 1. The van der Waals surface area contributed by atoms with Crippen molar-refractivity contribution >= 4 is 5.97 Å². The molecule has 1 unspecified atom stereocenters. The van der Waals surface area contributed by atoms with Crippen molar-refractivity contribution in [2.45, 2.75) is 32.7 Å². The van der Waals surface area contributed by atoms with Crippen LogP contribution in [0.5, 0.6) is 0 Å². The van der Waals surface area contributed by atoms with Crippen LogP contribution in [0.4, 0.5) is 0 Å². The standard InChI is InChI=1S/C12H25NO4/c1-4-11(12(14)17-5-2)13-7-6-8-16-10-9-15-3/h11,13H,4-10H2,1-3H3. The SMILES string of the molecule is CCOC(=O)C(CC)NCCCOCCOC. The zero-order valence-corrected chi connectivity index (χ0v) is 11.2. The van der Waals surface area contributed by atoms with Gasteiger partial charge in [-0.3, -0.25) is 4.79 Å². The minimum atomic E-state index is -0.200. The fourth-order valence-electron chi connectivity index (χ4n) is 1.33. The molecule has 0 saturated carbocycles. The first-order valence-corrected chi connectivity index (χ1v) is 6.22. The van der Waals surface area contributed by atoms with Crippen LogP contribution >= 0.6 is 0 Å². The smallest absolute Gasteiger partial charge is 0.323 e. The van der Waals surface area contributed by atoms with Crippen LogP contribution < -0.4 is 5.32 Å². The average Bonchev–Trinajstić information content (AvgIpc) is 2.33. The number of rotatable bonds is 11. The van der Waals surface area contributed by atoms with Crippen LogP contribution in [0.1, 0.15) is 26.7 Å². The van der Waals surface area contributed by atoms with Gasteiger partial charge in [0.25, 0.3) is 0 Å². The maximum atomic E-state index is 11.4. The van der Waals surface area contributed by atoms with E-state index in [0.29, 0.717) is 26.4 Å². The topological polar surface area (TPSA) is 56.8 Å². The molecular formula is C12H25NO4. The summed E-state index contributed by atoms with van der Waals surface area (Å²) < 4.78 is 15.1. The van der Waals surface area contributed by atoms with Crippen molar-refractivity contribution in [2.24, 2.45) is 0 Å². The van der Waals surface area contributed by atoms with Crippen LogP contribution in [0.15, 0.2) is 0 Å². The van der Waals surface area contributed by atoms with Gasteiger partial charge in [0.05, 0.1) is 19.8 Å². The molecule has 0 aromatic rings. The predicted molar refractivity (Wildman–Crippen MR) is 66.0 cm³/mol. The lowest BCUT2D eigenvalue weighted by molar-refractivity contribution is -0.145. The van der Waals surface area contributed by atoms with Crippen LogP contribution in [0.2, 0.25) is 0 Å². The lowest BCUT2D eigenvalue weighted by Gasteiger charge is -2.15. The molecule has 5 heteroatoms. The van der Waals surface area contributed by atoms with E-state index < -0.39 is 0 Å². The Morgan fingerprint density at radius 3 is 2.59 bits per heavy atom. The van der Waals surface area contributed by atoms with E-state index in [-0.39, 0.29) is 12.0 Å². The third kappa shape index (κ3) is 9.09. The first-order valence-electron chi connectivity index (χ1n) is 6.22. The molecule has 0 aliphatic heterocycles. The fourth-order valence-corrected chi connectivity index (χ4v) is 1.33. The molecule has 0 spiro atoms. The minimum absolute atomic E-state index is 0.171. The first kappa shape index (κ1) is 16.4. The van der Waals surface area contributed by atoms with Crippen molar-refractivity contribution in [1.82, 2.24) is 5.32 Å². The van der Waals surface area contributed by atoms with Crippen molar-refractivity contribution in [2.75, 3.05) is 40.1 Å². The van der Waals surface area contributed by atoms with Gasteiger partial charge in [-0.05, 0) is 26.3 Å². The summed E-state index contributed by atoms with van der Waals surface area (Å²) in [5.41, 5.74) is 0. The highest BCUT2D eigenvalue weighted by molar-refractivity contribution is 5.75. The molecule has 17 heavy (non-hydrogen) atoms. The van der Waals surface area contributed by atoms with Gasteiger partial charge >= 0.3 is 5.97 Å². The molecule has 0 heterocycles. The molecule has 0 radical (unpaired) electrons. The van der Waals surface area contributed by atoms with Gasteiger partial charge in [0, 0.05) is 13.7 Å². The Kier molecular flexibility index (Phi) is 11.4. The lowest BCUT2D eigenvalue weighted by atomic mass is 10.2. The van der Waals surface area contributed by atoms with Crippen molar-refractivity contribution in [3.63, 3.8) is 0 Å². The Labute approximate surface area is 104 Å². The Bertz CT molecular complexity index is 187. The molecule has 0 fully saturated rings. The van der Waals surface area contributed by atoms with Gasteiger partial charge in [-0.15, -0.1) is 0 Å². The van der Waals surface area contributed by atoms with Crippen molar-refractivity contribution in [3.05, 3.63) is 0 Å². The Morgan fingerprint density at radius 2 is 2.00 bits per heavy atom. The van der Waals surface area contributed by atoms with Crippen molar-refractivity contribution < 1.29 is 19.0 Å². The number of ether oxygens (including phenoxy) is 3. The molecule has 0 aliphatic rings. The van der Waals surface area contributed by atoms with Gasteiger partial charge in [0.2, 0.25) is 0 Å². The van der Waals surface area contributed by atoms with Crippen LogP contribution in [0, 0.1) is 0 Å².